The number of amides is 4. The van der Waals surface area contributed by atoms with Gasteiger partial charge in [-0.25, -0.2) is 5.43 Å². The SMILES string of the molecule is CC.CC.CC(C)(N)C(=O)O.CC(C)C(=O)COCC(=O)N(C)c1ccccc1.CC(C)C(=O)c1cc(Cl)cc(Cl)c1.CC(C)C(=O)c1ccccn1.CCCC[C@H](N)C(=O)O.CNCC(=O)O.COc1ccc(C[C@H](N)C(=O)O)cc1.NCCCC[C@@H](C=O)NNC(=O)COCCOCCOCCOCCNC(=O)COCC(=O)Nc1ccccc1. The van der Waals surface area contributed by atoms with E-state index >= 15 is 0 Å². The molecule has 36 heteroatoms. The van der Waals surface area contributed by atoms with Gasteiger partial charge < -0.3 is 102 Å². The number of ether oxygens (including phenoxy) is 7. The Morgan fingerprint density at radius 3 is 1.52 bits per heavy atom. The molecule has 0 unspecified atom stereocenters. The number of carbonyl (C=O) groups excluding carboxylic acids is 8. The molecule has 122 heavy (non-hydrogen) atoms. The van der Waals surface area contributed by atoms with Crippen LogP contribution in [0.1, 0.15) is 155 Å². The maximum absolute atomic E-state index is 11.8. The highest BCUT2D eigenvalue weighted by atomic mass is 35.5. The molecule has 4 amide bonds. The number of anilines is 2. The lowest BCUT2D eigenvalue weighted by molar-refractivity contribution is -0.142. The van der Waals surface area contributed by atoms with Crippen LogP contribution in [-0.2, 0) is 82.8 Å². The van der Waals surface area contributed by atoms with Gasteiger partial charge in [0, 0.05) is 64.5 Å². The number of hydrogen-bond acceptors (Lipinski definition) is 26. The van der Waals surface area contributed by atoms with Crippen molar-refractivity contribution in [3.05, 3.63) is 154 Å². The number of aliphatic carboxylic acids is 4. The van der Waals surface area contributed by atoms with Gasteiger partial charge in [0.05, 0.1) is 65.9 Å². The third-order valence-corrected chi connectivity index (χ3v) is 15.2. The van der Waals surface area contributed by atoms with Crippen molar-refractivity contribution in [2.45, 2.75) is 159 Å². The smallest absolute Gasteiger partial charge is 0.323 e. The molecule has 17 N–H and O–H groups in total. The van der Waals surface area contributed by atoms with Crippen LogP contribution in [0.4, 0.5) is 11.4 Å². The van der Waals surface area contributed by atoms with Gasteiger partial charge in [0.2, 0.25) is 11.8 Å². The number of Topliss-reactive ketones (excluding diaryl/α,β-unsaturated/α-hetero) is 3. The van der Waals surface area contributed by atoms with Crippen LogP contribution in [-0.4, -0.2) is 240 Å². The van der Waals surface area contributed by atoms with E-state index in [9.17, 15) is 57.5 Å². The number of hydrazine groups is 1. The molecule has 0 aliphatic heterocycles. The zero-order valence-corrected chi connectivity index (χ0v) is 75.2. The summed E-state index contributed by atoms with van der Waals surface area (Å²) in [5.41, 5.74) is 28.6. The number of benzene rings is 4. The van der Waals surface area contributed by atoms with Crippen molar-refractivity contribution in [3.8, 4) is 5.75 Å². The number of para-hydroxylation sites is 2. The van der Waals surface area contributed by atoms with Gasteiger partial charge in [-0.15, -0.1) is 0 Å². The summed E-state index contributed by atoms with van der Waals surface area (Å²) in [6.45, 7) is 26.5. The van der Waals surface area contributed by atoms with E-state index < -0.39 is 47.5 Å². The molecule has 0 aliphatic carbocycles. The lowest BCUT2D eigenvalue weighted by Gasteiger charge is -2.17. The van der Waals surface area contributed by atoms with Crippen LogP contribution in [0.5, 0.6) is 5.75 Å². The summed E-state index contributed by atoms with van der Waals surface area (Å²) in [7, 11) is 4.86. The first-order chi connectivity index (χ1) is 57.8. The van der Waals surface area contributed by atoms with Gasteiger partial charge in [-0.2, -0.15) is 0 Å². The van der Waals surface area contributed by atoms with Gasteiger partial charge in [-0.1, -0.05) is 173 Å². The minimum absolute atomic E-state index is 0.00478. The standard InChI is InChI=1S/C26H43N5O9.C14H19NO3.C10H10Cl2O.C10H13NO3.C9H11NO.C6H13NO2.C4H9NO2.C3H7NO2.2C2H6/c27-9-5-4-8-23(18-32)30-31-26(35)21-39-17-16-38-15-14-37-13-12-36-11-10-28-24(33)19-40-20-25(34)29-22-6-2-1-3-7-22;1-11(2)13(16)9-18-10-14(17)15(3)12-7-5-4-6-8-12;1-6(2)10(13)7-3-8(11)5-9(12)4-7;1-14-8-4-2-7(3-5-8)6-9(11)10(12)13;1-7(2)9(11)8-5-3-4-6-10-8;1-2-3-4-5(7)6(8)9;1-4(2,5)3(6)7;1-4-2-3(5)6;2*1-2/h1-3,6-7,18,23,30H,4-5,8-17,19-21,27H2,(H,28,33)(H,29,34)(H,31,35);4-8,11H,9-10H2,1-3H3;3-6H,1-2H3;2-5,9H,6,11H2,1H3,(H,12,13);3-7H,1-2H3;5H,2-4,7H2,1H3,(H,8,9);5H2,1-2H3,(H,6,7);4H,2H2,1H3,(H,5,6);2*1-2H3/t23-;;;9-;;5-;;;;/m0..0.0..../s1. The van der Waals surface area contributed by atoms with Crippen LogP contribution < -0.4 is 59.4 Å². The molecule has 5 rings (SSSR count). The number of unbranched alkanes of at least 4 members (excludes halogenated alkanes) is 2. The summed E-state index contributed by atoms with van der Waals surface area (Å²) in [5.74, 6) is -4.07. The number of aldehydes is 1. The second kappa shape index (κ2) is 78.6. The van der Waals surface area contributed by atoms with E-state index in [1.807, 2.05) is 131 Å². The molecule has 0 saturated heterocycles. The quantitative estimate of drug-likeness (QED) is 0.00746. The molecule has 4 aromatic carbocycles. The lowest BCUT2D eigenvalue weighted by atomic mass is 10.0. The first-order valence-corrected chi connectivity index (χ1v) is 40.6. The topological polar surface area (TPSA) is 531 Å². The van der Waals surface area contributed by atoms with Gasteiger partial charge in [0.1, 0.15) is 68.4 Å². The number of methoxy groups -OCH3 is 1. The van der Waals surface area contributed by atoms with Crippen molar-refractivity contribution in [2.24, 2.45) is 40.7 Å². The maximum atomic E-state index is 11.8. The molecular weight excluding hydrogens is 1630 g/mol. The minimum atomic E-state index is -1.08. The summed E-state index contributed by atoms with van der Waals surface area (Å²) in [5, 5.41) is 41.6. The molecule has 688 valence electrons. The second-order valence-corrected chi connectivity index (χ2v) is 27.6. The number of aromatic nitrogens is 1. The molecule has 5 aromatic rings. The monoisotopic (exact) mass is 1760 g/mol. The fourth-order valence-electron chi connectivity index (χ4n) is 7.92. The largest absolute Gasteiger partial charge is 0.497 e. The minimum Gasteiger partial charge on any atom is -0.497 e. The summed E-state index contributed by atoms with van der Waals surface area (Å²) in [6, 6.07) is 33.7. The molecule has 1 heterocycles. The summed E-state index contributed by atoms with van der Waals surface area (Å²) in [6.07, 6.45) is 7.41. The molecule has 0 saturated carbocycles. The summed E-state index contributed by atoms with van der Waals surface area (Å²) in [4.78, 5) is 137. The van der Waals surface area contributed by atoms with Crippen molar-refractivity contribution in [1.29, 1.82) is 0 Å². The number of carbonyl (C=O) groups is 12. The zero-order chi connectivity index (χ0) is 93.8. The molecule has 0 aliphatic rings. The number of carboxylic acids is 4. The van der Waals surface area contributed by atoms with E-state index in [-0.39, 0.29) is 105 Å². The fraction of sp³-hybridized carbons (Fsp3) is 0.523. The van der Waals surface area contributed by atoms with Crippen molar-refractivity contribution < 1.29 is 111 Å². The summed E-state index contributed by atoms with van der Waals surface area (Å²) < 4.78 is 36.5. The molecule has 0 radical (unpaired) electrons. The number of rotatable bonds is 47. The van der Waals surface area contributed by atoms with E-state index in [1.165, 1.54) is 18.7 Å². The van der Waals surface area contributed by atoms with Crippen LogP contribution in [0.15, 0.2) is 128 Å². The van der Waals surface area contributed by atoms with Gasteiger partial charge in [-0.3, -0.25) is 63.1 Å². The van der Waals surface area contributed by atoms with Crippen LogP contribution in [0, 0.1) is 17.8 Å². The Bertz CT molecular complexity index is 3590. The fourth-order valence-corrected chi connectivity index (χ4v) is 8.44. The number of hydrogen-bond donors (Lipinski definition) is 13. The molecule has 0 fully saturated rings. The molecule has 0 spiro atoms. The first-order valence-electron chi connectivity index (χ1n) is 39.9. The van der Waals surface area contributed by atoms with Crippen molar-refractivity contribution in [1.82, 2.24) is 26.5 Å². The molecular formula is C86H137Cl2N11O23. The van der Waals surface area contributed by atoms with Gasteiger partial charge in [-0.05, 0) is 125 Å². The molecule has 1 aromatic heterocycles. The Hall–Kier alpha value is -9.63. The third kappa shape index (κ3) is 71.0. The average molecular weight is 1760 g/mol. The Morgan fingerprint density at radius 2 is 1.07 bits per heavy atom. The average Bonchev–Trinajstić information content (AvgIpc) is 0.864. The highest BCUT2D eigenvalue weighted by molar-refractivity contribution is 6.35. The van der Waals surface area contributed by atoms with Gasteiger partial charge in [0.15, 0.2) is 17.3 Å². The normalized spacial score (nSPS) is 10.9. The number of likely N-dealkylation sites (N-methyl/N-ethyl adjacent to an activating group) is 2. The van der Waals surface area contributed by atoms with E-state index in [0.717, 1.165) is 49.0 Å². The van der Waals surface area contributed by atoms with Crippen LogP contribution in [0.3, 0.4) is 0 Å². The number of nitrogens with zero attached hydrogens (tertiary/aromatic N) is 2. The Kier molecular flexibility index (Phi) is 77.9. The molecule has 3 atom stereocenters. The maximum Gasteiger partial charge on any atom is 0.323 e. The molecule has 34 nitrogen and oxygen atoms in total. The van der Waals surface area contributed by atoms with Gasteiger partial charge in [0.25, 0.3) is 11.8 Å². The number of halogens is 2. The van der Waals surface area contributed by atoms with E-state index in [1.54, 1.807) is 94.1 Å². The Morgan fingerprint density at radius 1 is 0.582 bits per heavy atom. The number of pyridine rings is 1. The summed E-state index contributed by atoms with van der Waals surface area (Å²) >= 11 is 11.5. The zero-order valence-electron chi connectivity index (χ0n) is 73.7. The van der Waals surface area contributed by atoms with Crippen LogP contribution >= 0.6 is 23.2 Å². The van der Waals surface area contributed by atoms with Crippen molar-refractivity contribution in [2.75, 3.05) is 130 Å². The van der Waals surface area contributed by atoms with E-state index in [0.29, 0.717) is 99.0 Å². The lowest BCUT2D eigenvalue weighted by Crippen LogP contribution is -2.46. The van der Waals surface area contributed by atoms with Crippen LogP contribution in [0.2, 0.25) is 10.0 Å². The van der Waals surface area contributed by atoms with Crippen molar-refractivity contribution >= 4 is 106 Å². The Labute approximate surface area is 729 Å². The second-order valence-electron chi connectivity index (χ2n) is 26.7. The number of ketones is 3. The van der Waals surface area contributed by atoms with E-state index in [2.05, 4.69) is 31.8 Å². The van der Waals surface area contributed by atoms with Gasteiger partial charge >= 0.3 is 23.9 Å². The Balaban J connectivity index is -0.000000465. The highest BCUT2D eigenvalue weighted by Crippen LogP contribution is 2.21. The number of nitrogens with one attached hydrogen (secondary N) is 5. The number of nitrogens with two attached hydrogens (primary N) is 4. The predicted molar refractivity (Wildman–Crippen MR) is 473 cm³/mol. The number of carboxylic acid groups (broad SMARTS) is 4. The van der Waals surface area contributed by atoms with Crippen molar-refractivity contribution in [3.63, 3.8) is 0 Å². The van der Waals surface area contributed by atoms with Crippen LogP contribution in [0.25, 0.3) is 0 Å². The first kappa shape index (κ1) is 121. The highest BCUT2D eigenvalue weighted by Gasteiger charge is 2.20. The predicted octanol–water partition coefficient (Wildman–Crippen LogP) is 9.17. The third-order valence-electron chi connectivity index (χ3n) is 14.7. The molecule has 0 bridgehead atoms. The van der Waals surface area contributed by atoms with E-state index in [4.69, 9.17) is 99.7 Å².